The molecule has 0 amide bonds. The molecule has 1 atom stereocenters. The maximum Gasteiger partial charge on any atom is 0.123 e. The van der Waals surface area contributed by atoms with Crippen molar-refractivity contribution in [3.05, 3.63) is 65.0 Å². The average Bonchev–Trinajstić information content (AvgIpc) is 2.51. The zero-order chi connectivity index (χ0) is 15.4. The number of hydrogen-bond acceptors (Lipinski definition) is 2. The standard InChI is InChI=1S/C18H23FN2/c1-4-14-6-9-16(10-7-14)21(3)18(12-20)17-11-15(19)8-5-13(17)2/h5-11,18H,4,12,20H2,1-3H3. The molecule has 1 unspecified atom stereocenters. The van der Waals surface area contributed by atoms with E-state index in [0.29, 0.717) is 6.54 Å². The van der Waals surface area contributed by atoms with Crippen molar-refractivity contribution in [2.24, 2.45) is 5.73 Å². The Kier molecular flexibility index (Phi) is 4.97. The highest BCUT2D eigenvalue weighted by atomic mass is 19.1. The van der Waals surface area contributed by atoms with Crippen molar-refractivity contribution in [1.29, 1.82) is 0 Å². The summed E-state index contributed by atoms with van der Waals surface area (Å²) < 4.78 is 13.5. The van der Waals surface area contributed by atoms with Crippen LogP contribution >= 0.6 is 0 Å². The van der Waals surface area contributed by atoms with E-state index in [1.54, 1.807) is 12.1 Å². The Hall–Kier alpha value is -1.87. The van der Waals surface area contributed by atoms with E-state index in [-0.39, 0.29) is 11.9 Å². The summed E-state index contributed by atoms with van der Waals surface area (Å²) in [7, 11) is 2.00. The molecule has 2 aromatic rings. The smallest absolute Gasteiger partial charge is 0.123 e. The van der Waals surface area contributed by atoms with Crippen LogP contribution in [0.2, 0.25) is 0 Å². The maximum atomic E-state index is 13.5. The summed E-state index contributed by atoms with van der Waals surface area (Å²) in [5, 5.41) is 0. The lowest BCUT2D eigenvalue weighted by Crippen LogP contribution is -2.31. The van der Waals surface area contributed by atoms with E-state index in [0.717, 1.165) is 23.2 Å². The molecule has 0 aliphatic heterocycles. The third-order valence-corrected chi connectivity index (χ3v) is 4.04. The number of aryl methyl sites for hydroxylation is 2. The van der Waals surface area contributed by atoms with E-state index in [4.69, 9.17) is 5.73 Å². The fraction of sp³-hybridized carbons (Fsp3) is 0.333. The van der Waals surface area contributed by atoms with Crippen LogP contribution in [0.15, 0.2) is 42.5 Å². The van der Waals surface area contributed by atoms with Gasteiger partial charge in [0.2, 0.25) is 0 Å². The molecule has 2 rings (SSSR count). The first-order valence-electron chi connectivity index (χ1n) is 7.34. The zero-order valence-electron chi connectivity index (χ0n) is 12.9. The van der Waals surface area contributed by atoms with Crippen molar-refractivity contribution in [3.63, 3.8) is 0 Å². The van der Waals surface area contributed by atoms with Crippen molar-refractivity contribution in [2.75, 3.05) is 18.5 Å². The molecule has 3 heteroatoms. The van der Waals surface area contributed by atoms with E-state index >= 15 is 0 Å². The van der Waals surface area contributed by atoms with Gasteiger partial charge in [-0.05, 0) is 54.3 Å². The van der Waals surface area contributed by atoms with Crippen LogP contribution in [-0.4, -0.2) is 13.6 Å². The maximum absolute atomic E-state index is 13.5. The molecule has 112 valence electrons. The van der Waals surface area contributed by atoms with Gasteiger partial charge in [-0.1, -0.05) is 25.1 Å². The van der Waals surface area contributed by atoms with Crippen LogP contribution in [0.25, 0.3) is 0 Å². The lowest BCUT2D eigenvalue weighted by atomic mass is 9.99. The topological polar surface area (TPSA) is 29.3 Å². The van der Waals surface area contributed by atoms with Gasteiger partial charge in [-0.2, -0.15) is 0 Å². The molecule has 2 N–H and O–H groups in total. The number of likely N-dealkylation sites (N-methyl/N-ethyl adjacent to an activating group) is 1. The highest BCUT2D eigenvalue weighted by molar-refractivity contribution is 5.50. The summed E-state index contributed by atoms with van der Waals surface area (Å²) in [6.45, 7) is 4.57. The highest BCUT2D eigenvalue weighted by Crippen LogP contribution is 2.27. The quantitative estimate of drug-likeness (QED) is 0.905. The van der Waals surface area contributed by atoms with Crippen molar-refractivity contribution in [2.45, 2.75) is 26.3 Å². The van der Waals surface area contributed by atoms with E-state index in [1.165, 1.54) is 11.6 Å². The van der Waals surface area contributed by atoms with Crippen LogP contribution in [0.3, 0.4) is 0 Å². The SMILES string of the molecule is CCc1ccc(N(C)C(CN)c2cc(F)ccc2C)cc1. The molecule has 0 saturated heterocycles. The predicted octanol–water partition coefficient (Wildman–Crippen LogP) is 3.83. The second kappa shape index (κ2) is 6.72. The van der Waals surface area contributed by atoms with Crippen LogP contribution in [-0.2, 0) is 6.42 Å². The van der Waals surface area contributed by atoms with Crippen molar-refractivity contribution in [1.82, 2.24) is 0 Å². The number of nitrogens with two attached hydrogens (primary N) is 1. The Morgan fingerprint density at radius 3 is 2.38 bits per heavy atom. The van der Waals surface area contributed by atoms with Crippen molar-refractivity contribution < 1.29 is 4.39 Å². The highest BCUT2D eigenvalue weighted by Gasteiger charge is 2.18. The minimum Gasteiger partial charge on any atom is -0.366 e. The number of rotatable bonds is 5. The van der Waals surface area contributed by atoms with Gasteiger partial charge in [0.1, 0.15) is 5.82 Å². The zero-order valence-corrected chi connectivity index (χ0v) is 12.9. The summed E-state index contributed by atoms with van der Waals surface area (Å²) in [4.78, 5) is 2.11. The Balaban J connectivity index is 2.33. The van der Waals surface area contributed by atoms with Gasteiger partial charge < -0.3 is 10.6 Å². The summed E-state index contributed by atoms with van der Waals surface area (Å²) in [5.74, 6) is -0.219. The summed E-state index contributed by atoms with van der Waals surface area (Å²) in [5.41, 5.74) is 10.4. The Bertz CT molecular complexity index is 593. The molecule has 0 aliphatic rings. The molecule has 0 spiro atoms. The van der Waals surface area contributed by atoms with Gasteiger partial charge in [0.15, 0.2) is 0 Å². The molecule has 2 aromatic carbocycles. The molecule has 2 nitrogen and oxygen atoms in total. The Labute approximate surface area is 126 Å². The molecule has 0 bridgehead atoms. The minimum atomic E-state index is -0.219. The number of anilines is 1. The van der Waals surface area contributed by atoms with Gasteiger partial charge >= 0.3 is 0 Å². The number of halogens is 1. The molecular weight excluding hydrogens is 263 g/mol. The monoisotopic (exact) mass is 286 g/mol. The average molecular weight is 286 g/mol. The third-order valence-electron chi connectivity index (χ3n) is 4.04. The first-order valence-corrected chi connectivity index (χ1v) is 7.34. The van der Waals surface area contributed by atoms with Gasteiger partial charge in [0.25, 0.3) is 0 Å². The molecule has 0 aliphatic carbocycles. The van der Waals surface area contributed by atoms with Gasteiger partial charge in [-0.3, -0.25) is 0 Å². The van der Waals surface area contributed by atoms with Crippen LogP contribution in [0.4, 0.5) is 10.1 Å². The van der Waals surface area contributed by atoms with E-state index in [1.807, 2.05) is 14.0 Å². The van der Waals surface area contributed by atoms with E-state index < -0.39 is 0 Å². The van der Waals surface area contributed by atoms with Crippen LogP contribution < -0.4 is 10.6 Å². The molecule has 0 aromatic heterocycles. The lowest BCUT2D eigenvalue weighted by Gasteiger charge is -2.30. The molecule has 21 heavy (non-hydrogen) atoms. The molecule has 0 fully saturated rings. The second-order valence-corrected chi connectivity index (χ2v) is 5.38. The van der Waals surface area contributed by atoms with Crippen LogP contribution in [0.5, 0.6) is 0 Å². The predicted molar refractivity (Wildman–Crippen MR) is 87.2 cm³/mol. The lowest BCUT2D eigenvalue weighted by molar-refractivity contribution is 0.613. The molecule has 0 saturated carbocycles. The number of benzene rings is 2. The van der Waals surface area contributed by atoms with Crippen LogP contribution in [0.1, 0.15) is 29.7 Å². The first kappa shape index (κ1) is 15.5. The Morgan fingerprint density at radius 2 is 1.81 bits per heavy atom. The first-order chi connectivity index (χ1) is 10.1. The van der Waals surface area contributed by atoms with E-state index in [2.05, 4.69) is 36.1 Å². The van der Waals surface area contributed by atoms with Crippen LogP contribution in [0, 0.1) is 12.7 Å². The van der Waals surface area contributed by atoms with Gasteiger partial charge in [-0.25, -0.2) is 4.39 Å². The van der Waals surface area contributed by atoms with Gasteiger partial charge in [-0.15, -0.1) is 0 Å². The molecule has 0 heterocycles. The van der Waals surface area contributed by atoms with Gasteiger partial charge in [0.05, 0.1) is 6.04 Å². The number of nitrogens with zero attached hydrogens (tertiary/aromatic N) is 1. The van der Waals surface area contributed by atoms with Crippen molar-refractivity contribution >= 4 is 5.69 Å². The van der Waals surface area contributed by atoms with Gasteiger partial charge in [0, 0.05) is 19.3 Å². The van der Waals surface area contributed by atoms with E-state index in [9.17, 15) is 4.39 Å². The second-order valence-electron chi connectivity index (χ2n) is 5.38. The summed E-state index contributed by atoms with van der Waals surface area (Å²) in [6.07, 6.45) is 1.02. The Morgan fingerprint density at radius 1 is 1.14 bits per heavy atom. The minimum absolute atomic E-state index is 0.0341. The fourth-order valence-electron chi connectivity index (χ4n) is 2.61. The summed E-state index contributed by atoms with van der Waals surface area (Å²) >= 11 is 0. The summed E-state index contributed by atoms with van der Waals surface area (Å²) in [6, 6.07) is 13.3. The largest absolute Gasteiger partial charge is 0.366 e. The van der Waals surface area contributed by atoms with Crippen molar-refractivity contribution in [3.8, 4) is 0 Å². The fourth-order valence-corrected chi connectivity index (χ4v) is 2.61. The molecular formula is C18H23FN2. The number of hydrogen-bond donors (Lipinski definition) is 1. The molecule has 0 radical (unpaired) electrons. The third kappa shape index (κ3) is 3.42. The normalized spacial score (nSPS) is 12.2.